The van der Waals surface area contributed by atoms with Gasteiger partial charge in [0.1, 0.15) is 6.04 Å². The summed E-state index contributed by atoms with van der Waals surface area (Å²) >= 11 is 0. The van der Waals surface area contributed by atoms with Gasteiger partial charge in [-0.05, 0) is 24.8 Å². The number of hydrogen-bond donors (Lipinski definition) is 2. The van der Waals surface area contributed by atoms with Crippen LogP contribution in [-0.4, -0.2) is 22.4 Å². The Morgan fingerprint density at radius 1 is 1.28 bits per heavy atom. The second-order valence-electron chi connectivity index (χ2n) is 6.47. The molecule has 3 N–H and O–H groups in total. The van der Waals surface area contributed by atoms with Gasteiger partial charge in [-0.1, -0.05) is 32.0 Å². The lowest BCUT2D eigenvalue weighted by Gasteiger charge is -2.18. The van der Waals surface area contributed by atoms with Crippen LogP contribution in [0.1, 0.15) is 43.5 Å². The predicted molar refractivity (Wildman–Crippen MR) is 96.7 cm³/mol. The number of rotatable bonds is 8. The van der Waals surface area contributed by atoms with Crippen molar-refractivity contribution in [3.63, 3.8) is 0 Å². The Labute approximate surface area is 147 Å². The van der Waals surface area contributed by atoms with Crippen LogP contribution in [0.3, 0.4) is 0 Å². The molecule has 2 amide bonds. The molecule has 0 aliphatic carbocycles. The van der Waals surface area contributed by atoms with Gasteiger partial charge in [0.15, 0.2) is 0 Å². The van der Waals surface area contributed by atoms with E-state index >= 15 is 0 Å². The second-order valence-corrected chi connectivity index (χ2v) is 6.47. The maximum Gasteiger partial charge on any atom is 0.254 e. The summed E-state index contributed by atoms with van der Waals surface area (Å²) in [4.78, 5) is 24.2. The van der Waals surface area contributed by atoms with Crippen LogP contribution in [-0.2, 0) is 11.3 Å². The Bertz CT molecular complexity index is 801. The molecule has 1 aromatic heterocycles. The number of fused-ring (bicyclic) bond motifs is 1. The lowest BCUT2D eigenvalue weighted by Crippen LogP contribution is -2.47. The van der Waals surface area contributed by atoms with Gasteiger partial charge in [0.25, 0.3) is 5.91 Å². The molecule has 1 unspecified atom stereocenters. The summed E-state index contributed by atoms with van der Waals surface area (Å²) in [7, 11) is 0. The number of primary amides is 1. The monoisotopic (exact) mass is 340 g/mol. The average Bonchev–Trinajstić information content (AvgIpc) is 2.95. The molecule has 0 aliphatic rings. The van der Waals surface area contributed by atoms with Gasteiger partial charge in [-0.15, -0.1) is 0 Å². The molecule has 0 saturated carbocycles. The van der Waals surface area contributed by atoms with Gasteiger partial charge in [0.05, 0.1) is 11.6 Å². The summed E-state index contributed by atoms with van der Waals surface area (Å²) in [6.45, 7) is 4.42. The number of carbonyl (C=O) groups excluding carboxylic acids is 2. The van der Waals surface area contributed by atoms with E-state index in [1.807, 2.05) is 48.9 Å². The van der Waals surface area contributed by atoms with Gasteiger partial charge in [0, 0.05) is 30.1 Å². The Hall–Kier alpha value is -2.81. The number of aryl methyl sites for hydroxylation is 1. The number of nitrogens with zero attached hydrogens (tertiary/aromatic N) is 2. The third-order valence-corrected chi connectivity index (χ3v) is 4.23. The van der Waals surface area contributed by atoms with Gasteiger partial charge in [-0.2, -0.15) is 5.26 Å². The number of hydrogen-bond acceptors (Lipinski definition) is 3. The number of benzene rings is 1. The summed E-state index contributed by atoms with van der Waals surface area (Å²) in [5.41, 5.74) is 6.88. The summed E-state index contributed by atoms with van der Waals surface area (Å²) in [6, 6.07) is 9.10. The predicted octanol–water partition coefficient (Wildman–Crippen LogP) is 2.57. The van der Waals surface area contributed by atoms with E-state index in [-0.39, 0.29) is 11.8 Å². The van der Waals surface area contributed by atoms with Crippen molar-refractivity contribution in [1.29, 1.82) is 5.26 Å². The Balaban J connectivity index is 2.27. The zero-order valence-electron chi connectivity index (χ0n) is 14.7. The molecule has 0 bridgehead atoms. The lowest BCUT2D eigenvalue weighted by atomic mass is 10.0. The van der Waals surface area contributed by atoms with Crippen molar-refractivity contribution in [3.8, 4) is 6.07 Å². The van der Waals surface area contributed by atoms with Crippen molar-refractivity contribution < 1.29 is 9.59 Å². The second kappa shape index (κ2) is 8.34. The minimum Gasteiger partial charge on any atom is -0.368 e. The molecule has 2 rings (SSSR count). The van der Waals surface area contributed by atoms with Crippen LogP contribution in [0.25, 0.3) is 10.9 Å². The minimum absolute atomic E-state index is 0.0826. The molecule has 6 heteroatoms. The maximum absolute atomic E-state index is 12.7. The number of nitriles is 1. The van der Waals surface area contributed by atoms with E-state index in [2.05, 4.69) is 11.4 Å². The van der Waals surface area contributed by atoms with E-state index in [1.54, 1.807) is 0 Å². The van der Waals surface area contributed by atoms with E-state index in [1.165, 1.54) is 0 Å². The van der Waals surface area contributed by atoms with Gasteiger partial charge < -0.3 is 15.6 Å². The fourth-order valence-corrected chi connectivity index (χ4v) is 2.88. The largest absolute Gasteiger partial charge is 0.368 e. The van der Waals surface area contributed by atoms with Gasteiger partial charge >= 0.3 is 0 Å². The van der Waals surface area contributed by atoms with Crippen molar-refractivity contribution in [3.05, 3.63) is 36.0 Å². The molecule has 6 nitrogen and oxygen atoms in total. The minimum atomic E-state index is -0.703. The lowest BCUT2D eigenvalue weighted by molar-refractivity contribution is -0.120. The van der Waals surface area contributed by atoms with Crippen LogP contribution in [0.15, 0.2) is 30.5 Å². The van der Waals surface area contributed by atoms with E-state index in [0.29, 0.717) is 12.0 Å². The highest BCUT2D eigenvalue weighted by molar-refractivity contribution is 6.08. The molecule has 2 aromatic rings. The van der Waals surface area contributed by atoms with Gasteiger partial charge in [0.2, 0.25) is 5.91 Å². The van der Waals surface area contributed by atoms with Crippen molar-refractivity contribution in [2.45, 2.75) is 45.7 Å². The molecule has 1 aromatic carbocycles. The van der Waals surface area contributed by atoms with Crippen LogP contribution >= 0.6 is 0 Å². The van der Waals surface area contributed by atoms with E-state index < -0.39 is 11.9 Å². The number of aromatic nitrogens is 1. The van der Waals surface area contributed by atoms with E-state index in [0.717, 1.165) is 30.3 Å². The Morgan fingerprint density at radius 2 is 2.00 bits per heavy atom. The van der Waals surface area contributed by atoms with Crippen molar-refractivity contribution in [1.82, 2.24) is 9.88 Å². The molecule has 0 spiro atoms. The molecule has 1 atom stereocenters. The highest BCUT2D eigenvalue weighted by Gasteiger charge is 2.24. The number of para-hydroxylation sites is 1. The fraction of sp³-hybridized carbons (Fsp3) is 0.421. The molecule has 0 fully saturated rings. The molecule has 0 saturated heterocycles. The topological polar surface area (TPSA) is 101 Å². The highest BCUT2D eigenvalue weighted by atomic mass is 16.2. The number of unbranched alkanes of at least 4 members (excludes halogenated alkanes) is 2. The van der Waals surface area contributed by atoms with Crippen LogP contribution in [0.2, 0.25) is 0 Å². The third kappa shape index (κ3) is 4.38. The molecular weight excluding hydrogens is 316 g/mol. The number of amides is 2. The highest BCUT2D eigenvalue weighted by Crippen LogP contribution is 2.22. The molecule has 1 heterocycles. The zero-order valence-corrected chi connectivity index (χ0v) is 14.7. The molecule has 0 aliphatic heterocycles. The standard InChI is InChI=1S/C19H24N4O2/c1-13(2)17(18(21)24)22-19(25)15-12-23(11-7-3-6-10-20)16-9-5-4-8-14(15)16/h4-5,8-9,12-13,17H,3,6-7,11H2,1-2H3,(H2,21,24)(H,22,25). The van der Waals surface area contributed by atoms with Crippen molar-refractivity contribution in [2.24, 2.45) is 11.7 Å². The Kier molecular flexibility index (Phi) is 6.18. The molecule has 0 radical (unpaired) electrons. The first-order valence-electron chi connectivity index (χ1n) is 8.50. The van der Waals surface area contributed by atoms with E-state index in [4.69, 9.17) is 11.0 Å². The first-order valence-corrected chi connectivity index (χ1v) is 8.50. The van der Waals surface area contributed by atoms with Gasteiger partial charge in [-0.25, -0.2) is 0 Å². The van der Waals surface area contributed by atoms with Crippen molar-refractivity contribution in [2.75, 3.05) is 0 Å². The summed E-state index contributed by atoms with van der Waals surface area (Å²) in [5, 5.41) is 12.2. The van der Waals surface area contributed by atoms with Crippen LogP contribution in [0, 0.1) is 17.2 Å². The summed E-state index contributed by atoms with van der Waals surface area (Å²) < 4.78 is 2.02. The number of carbonyl (C=O) groups is 2. The molecular formula is C19H24N4O2. The summed E-state index contributed by atoms with van der Waals surface area (Å²) in [5.74, 6) is -0.922. The maximum atomic E-state index is 12.7. The molecule has 132 valence electrons. The van der Waals surface area contributed by atoms with Gasteiger partial charge in [-0.3, -0.25) is 9.59 Å². The van der Waals surface area contributed by atoms with E-state index in [9.17, 15) is 9.59 Å². The summed E-state index contributed by atoms with van der Waals surface area (Å²) in [6.07, 6.45) is 4.02. The smallest absolute Gasteiger partial charge is 0.254 e. The van der Waals surface area contributed by atoms with Crippen LogP contribution in [0.4, 0.5) is 0 Å². The SMILES string of the molecule is CC(C)C(NC(=O)c1cn(CCCCC#N)c2ccccc12)C(N)=O. The van der Waals surface area contributed by atoms with Crippen LogP contribution in [0.5, 0.6) is 0 Å². The number of nitrogens with one attached hydrogen (secondary N) is 1. The zero-order chi connectivity index (χ0) is 18.4. The third-order valence-electron chi connectivity index (χ3n) is 4.23. The Morgan fingerprint density at radius 3 is 2.64 bits per heavy atom. The van der Waals surface area contributed by atoms with Crippen molar-refractivity contribution >= 4 is 22.7 Å². The quantitative estimate of drug-likeness (QED) is 0.722. The normalized spacial score (nSPS) is 12.1. The molecule has 25 heavy (non-hydrogen) atoms. The first-order chi connectivity index (χ1) is 12.0. The average molecular weight is 340 g/mol. The first kappa shape index (κ1) is 18.5. The fourth-order valence-electron chi connectivity index (χ4n) is 2.88. The number of nitrogens with two attached hydrogens (primary N) is 1. The van der Waals surface area contributed by atoms with Crippen LogP contribution < -0.4 is 11.1 Å².